The number of hydrogen-bond acceptors (Lipinski definition) is 5. The maximum atomic E-state index is 14.1. The van der Waals surface area contributed by atoms with E-state index in [4.69, 9.17) is 4.74 Å². The van der Waals surface area contributed by atoms with Crippen LogP contribution in [0.2, 0.25) is 0 Å². The summed E-state index contributed by atoms with van der Waals surface area (Å²) in [6.45, 7) is 2.41. The van der Waals surface area contributed by atoms with Crippen molar-refractivity contribution in [3.8, 4) is 17.1 Å². The molecule has 7 nitrogen and oxygen atoms in total. The SMILES string of the molecule is CC(C(=O)O)c1c[nH]c2ccc(OCCCNc3nc(-c4ccc(F)cc4)ncc3F)cc12. The lowest BCUT2D eigenvalue weighted by atomic mass is 10.0. The van der Waals surface area contributed by atoms with Gasteiger partial charge in [0, 0.05) is 29.2 Å². The fourth-order valence-electron chi connectivity index (χ4n) is 3.40. The van der Waals surface area contributed by atoms with Gasteiger partial charge in [-0.2, -0.15) is 0 Å². The summed E-state index contributed by atoms with van der Waals surface area (Å²) in [4.78, 5) is 22.5. The van der Waals surface area contributed by atoms with Crippen LogP contribution in [0.15, 0.2) is 54.9 Å². The number of ether oxygens (including phenoxy) is 1. The molecule has 33 heavy (non-hydrogen) atoms. The Hall–Kier alpha value is -4.01. The molecule has 9 heteroatoms. The van der Waals surface area contributed by atoms with Crippen molar-refractivity contribution in [2.75, 3.05) is 18.5 Å². The van der Waals surface area contributed by atoms with E-state index in [-0.39, 0.29) is 11.6 Å². The molecule has 4 rings (SSSR count). The van der Waals surface area contributed by atoms with Gasteiger partial charge in [-0.15, -0.1) is 0 Å². The molecule has 0 saturated heterocycles. The van der Waals surface area contributed by atoms with Gasteiger partial charge in [0.05, 0.1) is 18.7 Å². The molecule has 3 N–H and O–H groups in total. The quantitative estimate of drug-likeness (QED) is 0.310. The number of halogens is 2. The summed E-state index contributed by atoms with van der Waals surface area (Å²) < 4.78 is 33.0. The van der Waals surface area contributed by atoms with Crippen molar-refractivity contribution in [3.63, 3.8) is 0 Å². The summed E-state index contributed by atoms with van der Waals surface area (Å²) in [7, 11) is 0. The second-order valence-corrected chi connectivity index (χ2v) is 7.54. The first-order valence-electron chi connectivity index (χ1n) is 10.4. The lowest BCUT2D eigenvalue weighted by Gasteiger charge is -2.10. The Bertz CT molecular complexity index is 1270. The van der Waals surface area contributed by atoms with Gasteiger partial charge < -0.3 is 20.1 Å². The van der Waals surface area contributed by atoms with Crippen LogP contribution in [0.1, 0.15) is 24.8 Å². The van der Waals surface area contributed by atoms with Gasteiger partial charge in [-0.25, -0.2) is 18.7 Å². The monoisotopic (exact) mass is 452 g/mol. The average Bonchev–Trinajstić information content (AvgIpc) is 3.23. The molecule has 0 bridgehead atoms. The van der Waals surface area contributed by atoms with Crippen LogP contribution in [-0.2, 0) is 4.79 Å². The number of aliphatic carboxylic acids is 1. The van der Waals surface area contributed by atoms with Gasteiger partial charge in [0.15, 0.2) is 17.5 Å². The highest BCUT2D eigenvalue weighted by molar-refractivity contribution is 5.90. The second-order valence-electron chi connectivity index (χ2n) is 7.54. The summed E-state index contributed by atoms with van der Waals surface area (Å²) in [5.41, 5.74) is 2.11. The number of H-pyrrole nitrogens is 1. The first-order chi connectivity index (χ1) is 15.9. The molecule has 0 aliphatic rings. The minimum absolute atomic E-state index is 0.0605. The zero-order valence-electron chi connectivity index (χ0n) is 17.8. The molecule has 1 unspecified atom stereocenters. The fraction of sp³-hybridized carbons (Fsp3) is 0.208. The Labute approximate surface area is 188 Å². The van der Waals surface area contributed by atoms with Crippen LogP contribution in [0.25, 0.3) is 22.3 Å². The van der Waals surface area contributed by atoms with Gasteiger partial charge in [0.25, 0.3) is 0 Å². The van der Waals surface area contributed by atoms with Gasteiger partial charge in [0.1, 0.15) is 11.6 Å². The minimum Gasteiger partial charge on any atom is -0.494 e. The van der Waals surface area contributed by atoms with Gasteiger partial charge >= 0.3 is 5.97 Å². The fourth-order valence-corrected chi connectivity index (χ4v) is 3.40. The first-order valence-corrected chi connectivity index (χ1v) is 10.4. The van der Waals surface area contributed by atoms with Gasteiger partial charge in [-0.3, -0.25) is 4.79 Å². The molecule has 1 atom stereocenters. The molecule has 0 radical (unpaired) electrons. The van der Waals surface area contributed by atoms with Crippen LogP contribution in [0.3, 0.4) is 0 Å². The maximum absolute atomic E-state index is 14.1. The molecule has 0 fully saturated rings. The van der Waals surface area contributed by atoms with Crippen LogP contribution < -0.4 is 10.1 Å². The topological polar surface area (TPSA) is 100 Å². The summed E-state index contributed by atoms with van der Waals surface area (Å²) in [5.74, 6) is -1.52. The number of fused-ring (bicyclic) bond motifs is 1. The van der Waals surface area contributed by atoms with Gasteiger partial charge in [0.2, 0.25) is 0 Å². The van der Waals surface area contributed by atoms with Crippen molar-refractivity contribution >= 4 is 22.7 Å². The van der Waals surface area contributed by atoms with E-state index < -0.39 is 17.7 Å². The second kappa shape index (κ2) is 9.64. The van der Waals surface area contributed by atoms with Crippen molar-refractivity contribution in [1.29, 1.82) is 0 Å². The van der Waals surface area contributed by atoms with E-state index >= 15 is 0 Å². The number of carboxylic acids is 1. The predicted molar refractivity (Wildman–Crippen MR) is 120 cm³/mol. The number of carbonyl (C=O) groups is 1. The highest BCUT2D eigenvalue weighted by Gasteiger charge is 2.18. The van der Waals surface area contributed by atoms with E-state index in [0.29, 0.717) is 42.3 Å². The smallest absolute Gasteiger partial charge is 0.310 e. The molecule has 2 aromatic heterocycles. The third-order valence-corrected chi connectivity index (χ3v) is 5.25. The highest BCUT2D eigenvalue weighted by Crippen LogP contribution is 2.29. The highest BCUT2D eigenvalue weighted by atomic mass is 19.1. The van der Waals surface area contributed by atoms with Crippen LogP contribution in [-0.4, -0.2) is 39.2 Å². The van der Waals surface area contributed by atoms with Crippen LogP contribution in [0, 0.1) is 11.6 Å². The standard InChI is InChI=1S/C24H22F2N4O3/c1-14(24(31)32)19-12-28-21-8-7-17(11-18(19)21)33-10-2-9-27-23-20(26)13-29-22(30-23)15-3-5-16(25)6-4-15/h3-8,11-14,28H,2,9-10H2,1H3,(H,31,32)(H,27,29,30). The van der Waals surface area contributed by atoms with Crippen molar-refractivity contribution in [2.24, 2.45) is 0 Å². The summed E-state index contributed by atoms with van der Waals surface area (Å²) in [6.07, 6.45) is 3.35. The number of hydrogen-bond donors (Lipinski definition) is 3. The third-order valence-electron chi connectivity index (χ3n) is 5.25. The third kappa shape index (κ3) is 5.08. The molecular formula is C24H22F2N4O3. The predicted octanol–water partition coefficient (Wildman–Crippen LogP) is 4.97. The number of nitrogens with one attached hydrogen (secondary N) is 2. The van der Waals surface area contributed by atoms with Crippen molar-refractivity contribution in [1.82, 2.24) is 15.0 Å². The lowest BCUT2D eigenvalue weighted by molar-refractivity contribution is -0.138. The number of aromatic nitrogens is 3. The van der Waals surface area contributed by atoms with Crippen molar-refractivity contribution in [2.45, 2.75) is 19.3 Å². The number of anilines is 1. The molecule has 0 aliphatic heterocycles. The molecule has 0 spiro atoms. The molecule has 0 saturated carbocycles. The zero-order valence-corrected chi connectivity index (χ0v) is 17.8. The van der Waals surface area contributed by atoms with E-state index in [2.05, 4.69) is 20.3 Å². The molecule has 170 valence electrons. The summed E-state index contributed by atoms with van der Waals surface area (Å²) >= 11 is 0. The molecular weight excluding hydrogens is 430 g/mol. The number of carboxylic acid groups (broad SMARTS) is 1. The molecule has 0 aliphatic carbocycles. The van der Waals surface area contributed by atoms with E-state index in [0.717, 1.165) is 17.1 Å². The Morgan fingerprint density at radius 1 is 1.21 bits per heavy atom. The normalized spacial score (nSPS) is 12.0. The number of nitrogens with zero attached hydrogens (tertiary/aromatic N) is 2. The maximum Gasteiger partial charge on any atom is 0.310 e. The minimum atomic E-state index is -0.896. The van der Waals surface area contributed by atoms with Crippen LogP contribution in [0.4, 0.5) is 14.6 Å². The molecule has 2 heterocycles. The van der Waals surface area contributed by atoms with E-state index in [1.54, 1.807) is 19.2 Å². The molecule has 0 amide bonds. The number of aromatic amines is 1. The molecule has 4 aromatic rings. The lowest BCUT2D eigenvalue weighted by Crippen LogP contribution is -2.10. The average molecular weight is 452 g/mol. The van der Waals surface area contributed by atoms with E-state index in [9.17, 15) is 18.7 Å². The summed E-state index contributed by atoms with van der Waals surface area (Å²) in [6, 6.07) is 11.1. The van der Waals surface area contributed by atoms with E-state index in [1.807, 2.05) is 12.1 Å². The Morgan fingerprint density at radius 3 is 2.76 bits per heavy atom. The van der Waals surface area contributed by atoms with Gasteiger partial charge in [-0.05, 0) is 61.4 Å². The number of benzene rings is 2. The van der Waals surface area contributed by atoms with Crippen molar-refractivity contribution in [3.05, 3.63) is 72.1 Å². The van der Waals surface area contributed by atoms with Crippen LogP contribution in [0.5, 0.6) is 5.75 Å². The Balaban J connectivity index is 1.34. The Morgan fingerprint density at radius 2 is 2.00 bits per heavy atom. The zero-order chi connectivity index (χ0) is 23.4. The number of rotatable bonds is 9. The van der Waals surface area contributed by atoms with Crippen LogP contribution >= 0.6 is 0 Å². The van der Waals surface area contributed by atoms with Gasteiger partial charge in [-0.1, -0.05) is 0 Å². The largest absolute Gasteiger partial charge is 0.494 e. The van der Waals surface area contributed by atoms with E-state index in [1.165, 1.54) is 24.3 Å². The molecule has 2 aromatic carbocycles. The summed E-state index contributed by atoms with van der Waals surface area (Å²) in [5, 5.41) is 13.0. The van der Waals surface area contributed by atoms with Crippen molar-refractivity contribution < 1.29 is 23.4 Å². The Kier molecular flexibility index (Phi) is 6.48. The first kappa shape index (κ1) is 22.2.